The summed E-state index contributed by atoms with van der Waals surface area (Å²) in [4.78, 5) is 0. The highest BCUT2D eigenvalue weighted by molar-refractivity contribution is 7.93. The topological polar surface area (TPSA) is 104 Å². The third-order valence-corrected chi connectivity index (χ3v) is 7.01. The second-order valence-corrected chi connectivity index (χ2v) is 10.2. The maximum atomic E-state index is 12.0. The normalized spacial score (nSPS) is 12.9. The van der Waals surface area contributed by atoms with E-state index in [0.717, 1.165) is 41.6 Å². The molecule has 3 N–H and O–H groups in total. The Labute approximate surface area is 183 Å². The first-order valence-electron chi connectivity index (χ1n) is 10.7. The Kier molecular flexibility index (Phi) is 7.56. The monoisotopic (exact) mass is 445 g/mol. The number of fused-ring (bicyclic) bond motifs is 1. The predicted molar refractivity (Wildman–Crippen MR) is 124 cm³/mol. The number of nitrogens with zero attached hydrogens (tertiary/aromatic N) is 1. The number of aryl methyl sites for hydroxylation is 1. The van der Waals surface area contributed by atoms with Crippen molar-refractivity contribution in [3.63, 3.8) is 0 Å². The van der Waals surface area contributed by atoms with Crippen LogP contribution in [0.3, 0.4) is 0 Å². The molecule has 168 valence electrons. The molecule has 0 aliphatic heterocycles. The van der Waals surface area contributed by atoms with Crippen molar-refractivity contribution < 1.29 is 18.3 Å². The molecule has 7 nitrogen and oxygen atoms in total. The van der Waals surface area contributed by atoms with Gasteiger partial charge < -0.3 is 9.84 Å². The molecule has 0 radical (unpaired) electrons. The molecule has 0 saturated heterocycles. The molecule has 0 aliphatic carbocycles. The van der Waals surface area contributed by atoms with Gasteiger partial charge in [-0.05, 0) is 69.4 Å². The van der Waals surface area contributed by atoms with Gasteiger partial charge in [-0.1, -0.05) is 19.1 Å². The molecule has 1 heterocycles. The first-order chi connectivity index (χ1) is 14.8. The molecule has 0 bridgehead atoms. The van der Waals surface area contributed by atoms with Crippen LogP contribution < -0.4 is 9.46 Å². The van der Waals surface area contributed by atoms with Crippen molar-refractivity contribution in [2.24, 2.45) is 0 Å². The Morgan fingerprint density at radius 1 is 1.16 bits per heavy atom. The third kappa shape index (κ3) is 5.98. The quantitative estimate of drug-likeness (QED) is 0.375. The maximum Gasteiger partial charge on any atom is 0.235 e. The van der Waals surface area contributed by atoms with Gasteiger partial charge in [-0.3, -0.25) is 9.82 Å². The number of aliphatic hydroxyl groups is 1. The van der Waals surface area contributed by atoms with Crippen LogP contribution in [0.15, 0.2) is 42.5 Å². The number of nitrogens with one attached hydrogen (secondary N) is 2. The van der Waals surface area contributed by atoms with Gasteiger partial charge in [-0.2, -0.15) is 5.10 Å². The zero-order valence-corrected chi connectivity index (χ0v) is 19.1. The van der Waals surface area contributed by atoms with Gasteiger partial charge in [0.15, 0.2) is 0 Å². The zero-order chi connectivity index (χ0) is 22.4. The number of aliphatic hydroxyl groups excluding tert-OH is 1. The van der Waals surface area contributed by atoms with E-state index in [2.05, 4.69) is 21.8 Å². The van der Waals surface area contributed by atoms with E-state index in [0.29, 0.717) is 24.3 Å². The lowest BCUT2D eigenvalue weighted by molar-refractivity contribution is 0.160. The molecule has 0 fully saturated rings. The molecule has 3 aromatic rings. The van der Waals surface area contributed by atoms with E-state index in [4.69, 9.17) is 4.74 Å². The highest BCUT2D eigenvalue weighted by Crippen LogP contribution is 2.24. The number of ether oxygens (including phenoxy) is 1. The fourth-order valence-corrected chi connectivity index (χ4v) is 3.99. The molecule has 3 rings (SSSR count). The molecule has 2 aromatic carbocycles. The summed E-state index contributed by atoms with van der Waals surface area (Å²) < 4.78 is 32.5. The number of aromatic nitrogens is 2. The van der Waals surface area contributed by atoms with E-state index in [-0.39, 0.29) is 0 Å². The molecular weight excluding hydrogens is 414 g/mol. The Hall–Kier alpha value is -2.58. The number of rotatable bonds is 11. The van der Waals surface area contributed by atoms with Gasteiger partial charge in [-0.25, -0.2) is 8.42 Å². The van der Waals surface area contributed by atoms with Crippen LogP contribution in [0.5, 0.6) is 5.75 Å². The second-order valence-electron chi connectivity index (χ2n) is 7.92. The van der Waals surface area contributed by atoms with E-state index in [1.165, 1.54) is 0 Å². The molecule has 0 saturated carbocycles. The number of hydrogen-bond acceptors (Lipinski definition) is 5. The van der Waals surface area contributed by atoms with Gasteiger partial charge in [0.1, 0.15) is 5.75 Å². The lowest BCUT2D eigenvalue weighted by Crippen LogP contribution is -2.22. The summed E-state index contributed by atoms with van der Waals surface area (Å²) in [6.07, 6.45) is 2.41. The SMILES string of the molecule is CCc1[nH]nc2cc(OCCCC[C@H](O)c3cccc(NS(=O)(=O)C(C)C)c3)ccc12. The maximum absolute atomic E-state index is 12.0. The molecule has 0 aliphatic rings. The summed E-state index contributed by atoms with van der Waals surface area (Å²) in [6.45, 7) is 5.89. The zero-order valence-electron chi connectivity index (χ0n) is 18.3. The van der Waals surface area contributed by atoms with Crippen molar-refractivity contribution in [1.29, 1.82) is 0 Å². The fourth-order valence-electron chi connectivity index (χ4n) is 3.29. The van der Waals surface area contributed by atoms with E-state index in [9.17, 15) is 13.5 Å². The van der Waals surface area contributed by atoms with E-state index in [1.807, 2.05) is 18.2 Å². The van der Waals surface area contributed by atoms with Crippen molar-refractivity contribution >= 4 is 26.6 Å². The largest absolute Gasteiger partial charge is 0.494 e. The van der Waals surface area contributed by atoms with Crippen LogP contribution in [-0.2, 0) is 16.4 Å². The summed E-state index contributed by atoms with van der Waals surface area (Å²) in [7, 11) is -3.41. The number of unbranched alkanes of at least 4 members (excludes halogenated alkanes) is 1. The molecule has 0 spiro atoms. The van der Waals surface area contributed by atoms with Gasteiger partial charge in [0.2, 0.25) is 10.0 Å². The van der Waals surface area contributed by atoms with Crippen LogP contribution in [0.1, 0.15) is 57.4 Å². The van der Waals surface area contributed by atoms with Crippen LogP contribution in [0, 0.1) is 0 Å². The van der Waals surface area contributed by atoms with Crippen LogP contribution >= 0.6 is 0 Å². The highest BCUT2D eigenvalue weighted by atomic mass is 32.2. The standard InChI is InChI=1S/C23H31N3O4S/c1-4-21-20-12-11-19(15-22(20)25-24-21)30-13-6-5-10-23(27)17-8-7-9-18(14-17)26-31(28,29)16(2)3/h7-9,11-12,14-16,23,26-27H,4-6,10,13H2,1-3H3,(H,24,25)/t23-/m0/s1. The Bertz CT molecular complexity index is 1110. The number of benzene rings is 2. The highest BCUT2D eigenvalue weighted by Gasteiger charge is 2.16. The van der Waals surface area contributed by atoms with Gasteiger partial charge in [0.05, 0.1) is 23.5 Å². The fraction of sp³-hybridized carbons (Fsp3) is 0.435. The van der Waals surface area contributed by atoms with Crippen molar-refractivity contribution in [2.75, 3.05) is 11.3 Å². The lowest BCUT2D eigenvalue weighted by Gasteiger charge is -2.15. The van der Waals surface area contributed by atoms with Crippen LogP contribution in [0.4, 0.5) is 5.69 Å². The number of aromatic amines is 1. The molecule has 8 heteroatoms. The van der Waals surface area contributed by atoms with Crippen molar-refractivity contribution in [2.45, 2.75) is 57.8 Å². The van der Waals surface area contributed by atoms with E-state index >= 15 is 0 Å². The minimum Gasteiger partial charge on any atom is -0.494 e. The Morgan fingerprint density at radius 3 is 2.71 bits per heavy atom. The Morgan fingerprint density at radius 2 is 1.97 bits per heavy atom. The van der Waals surface area contributed by atoms with Crippen molar-refractivity contribution in [1.82, 2.24) is 10.2 Å². The summed E-state index contributed by atoms with van der Waals surface area (Å²) in [6, 6.07) is 12.8. The lowest BCUT2D eigenvalue weighted by atomic mass is 10.0. The average Bonchev–Trinajstić information content (AvgIpc) is 3.15. The van der Waals surface area contributed by atoms with E-state index < -0.39 is 21.4 Å². The predicted octanol–water partition coefficient (Wildman–Crippen LogP) is 4.56. The molecule has 1 aromatic heterocycles. The van der Waals surface area contributed by atoms with Gasteiger partial charge in [-0.15, -0.1) is 0 Å². The molecule has 1 atom stereocenters. The summed E-state index contributed by atoms with van der Waals surface area (Å²) in [5, 5.41) is 18.4. The molecule has 0 unspecified atom stereocenters. The van der Waals surface area contributed by atoms with Crippen LogP contribution in [0.25, 0.3) is 10.9 Å². The number of sulfonamides is 1. The third-order valence-electron chi connectivity index (χ3n) is 5.25. The summed E-state index contributed by atoms with van der Waals surface area (Å²) in [5.41, 5.74) is 3.18. The minimum absolute atomic E-state index is 0.466. The van der Waals surface area contributed by atoms with Gasteiger partial charge in [0, 0.05) is 22.8 Å². The number of anilines is 1. The first-order valence-corrected chi connectivity index (χ1v) is 12.2. The van der Waals surface area contributed by atoms with Crippen molar-refractivity contribution in [3.05, 3.63) is 53.7 Å². The van der Waals surface area contributed by atoms with Gasteiger partial charge >= 0.3 is 0 Å². The smallest absolute Gasteiger partial charge is 0.235 e. The number of hydrogen-bond donors (Lipinski definition) is 3. The second kappa shape index (κ2) is 10.2. The first kappa shape index (κ1) is 23.1. The minimum atomic E-state index is -3.41. The average molecular weight is 446 g/mol. The van der Waals surface area contributed by atoms with Crippen LogP contribution in [0.2, 0.25) is 0 Å². The summed E-state index contributed by atoms with van der Waals surface area (Å²) in [5.74, 6) is 0.785. The van der Waals surface area contributed by atoms with Gasteiger partial charge in [0.25, 0.3) is 0 Å². The number of H-pyrrole nitrogens is 1. The summed E-state index contributed by atoms with van der Waals surface area (Å²) >= 11 is 0. The van der Waals surface area contributed by atoms with E-state index in [1.54, 1.807) is 38.1 Å². The molecule has 0 amide bonds. The van der Waals surface area contributed by atoms with Crippen LogP contribution in [-0.4, -0.2) is 35.6 Å². The Balaban J connectivity index is 1.46. The van der Waals surface area contributed by atoms with Crippen molar-refractivity contribution in [3.8, 4) is 5.75 Å². The molecular formula is C23H31N3O4S. The molecule has 31 heavy (non-hydrogen) atoms.